The van der Waals surface area contributed by atoms with Crippen LogP contribution in [-0.4, -0.2) is 35.6 Å². The van der Waals surface area contributed by atoms with E-state index < -0.39 is 5.60 Å². The van der Waals surface area contributed by atoms with Crippen molar-refractivity contribution in [1.82, 2.24) is 0 Å². The molecule has 0 aromatic carbocycles. The Labute approximate surface area is 172 Å². The molecule has 0 radical (unpaired) electrons. The smallest absolute Gasteiger partial charge is 0.0883 e. The number of rotatable bonds is 6. The summed E-state index contributed by atoms with van der Waals surface area (Å²) in [5, 5.41) is 21.0. The molecule has 4 saturated carbocycles. The van der Waals surface area contributed by atoms with Crippen LogP contribution in [0.15, 0.2) is 0 Å². The minimum atomic E-state index is -0.568. The Morgan fingerprint density at radius 1 is 0.964 bits per heavy atom. The van der Waals surface area contributed by atoms with Crippen molar-refractivity contribution in [2.24, 2.45) is 46.8 Å². The minimum absolute atomic E-state index is 0.376. The van der Waals surface area contributed by atoms with Crippen molar-refractivity contribution >= 4 is 0 Å². The van der Waals surface area contributed by atoms with E-state index in [1.165, 1.54) is 44.9 Å². The maximum Gasteiger partial charge on any atom is 0.0883 e. The van der Waals surface area contributed by atoms with Gasteiger partial charge in [0.15, 0.2) is 0 Å². The van der Waals surface area contributed by atoms with Gasteiger partial charge in [0.05, 0.1) is 12.2 Å². The molecule has 3 nitrogen and oxygen atoms in total. The van der Waals surface area contributed by atoms with Crippen molar-refractivity contribution in [3.63, 3.8) is 0 Å². The first-order valence-corrected chi connectivity index (χ1v) is 12.4. The highest BCUT2D eigenvalue weighted by Crippen LogP contribution is 2.65. The quantitative estimate of drug-likeness (QED) is 0.666. The fraction of sp³-hybridized carbons (Fsp3) is 1.00. The van der Waals surface area contributed by atoms with Crippen LogP contribution in [0.5, 0.6) is 0 Å². The van der Waals surface area contributed by atoms with Gasteiger partial charge in [0.2, 0.25) is 0 Å². The molecule has 0 aromatic rings. The van der Waals surface area contributed by atoms with Crippen molar-refractivity contribution in [3.8, 4) is 0 Å². The summed E-state index contributed by atoms with van der Waals surface area (Å²) in [7, 11) is 0. The van der Waals surface area contributed by atoms with Crippen LogP contribution in [0.3, 0.4) is 0 Å². The van der Waals surface area contributed by atoms with E-state index in [2.05, 4.69) is 13.8 Å². The second kappa shape index (κ2) is 8.19. The van der Waals surface area contributed by atoms with Crippen LogP contribution in [0.25, 0.3) is 0 Å². The molecule has 0 aromatic heterocycles. The number of aliphatic hydroxyl groups is 2. The maximum atomic E-state index is 11.0. The van der Waals surface area contributed by atoms with Gasteiger partial charge < -0.3 is 14.9 Å². The van der Waals surface area contributed by atoms with Crippen LogP contribution in [0.4, 0.5) is 0 Å². The van der Waals surface area contributed by atoms with E-state index in [0.29, 0.717) is 37.1 Å². The van der Waals surface area contributed by atoms with E-state index in [4.69, 9.17) is 4.74 Å². The molecule has 1 unspecified atom stereocenters. The van der Waals surface area contributed by atoms with Gasteiger partial charge in [0.1, 0.15) is 0 Å². The number of aliphatic hydroxyl groups excluding tert-OH is 1. The zero-order valence-corrected chi connectivity index (χ0v) is 18.5. The molecule has 4 fully saturated rings. The van der Waals surface area contributed by atoms with Crippen LogP contribution in [-0.2, 0) is 4.74 Å². The zero-order valence-electron chi connectivity index (χ0n) is 18.5. The molecule has 4 aliphatic rings. The lowest BCUT2D eigenvalue weighted by atomic mass is 9.48. The molecule has 0 bridgehead atoms. The maximum absolute atomic E-state index is 11.0. The van der Waals surface area contributed by atoms with E-state index >= 15 is 0 Å². The molecule has 0 spiro atoms. The first kappa shape index (κ1) is 21.1. The van der Waals surface area contributed by atoms with Crippen LogP contribution in [0.2, 0.25) is 0 Å². The second-order valence-electron chi connectivity index (χ2n) is 11.1. The molecule has 0 saturated heterocycles. The van der Waals surface area contributed by atoms with Crippen LogP contribution >= 0.6 is 0 Å². The summed E-state index contributed by atoms with van der Waals surface area (Å²) in [6.07, 6.45) is 12.4. The summed E-state index contributed by atoms with van der Waals surface area (Å²) < 4.78 is 5.62. The summed E-state index contributed by atoms with van der Waals surface area (Å²) in [6, 6.07) is 0. The molecule has 162 valence electrons. The Morgan fingerprint density at radius 2 is 1.75 bits per heavy atom. The molecule has 3 heteroatoms. The van der Waals surface area contributed by atoms with Crippen molar-refractivity contribution in [1.29, 1.82) is 0 Å². The second-order valence-corrected chi connectivity index (χ2v) is 11.1. The fourth-order valence-corrected chi connectivity index (χ4v) is 8.74. The highest BCUT2D eigenvalue weighted by Gasteiger charge is 2.58. The number of fused-ring (bicyclic) bond motifs is 5. The molecular weight excluding hydrogens is 348 g/mol. The molecule has 2 N–H and O–H groups in total. The van der Waals surface area contributed by atoms with Crippen molar-refractivity contribution < 1.29 is 14.9 Å². The minimum Gasteiger partial charge on any atom is -0.396 e. The lowest BCUT2D eigenvalue weighted by molar-refractivity contribution is -0.130. The molecule has 0 amide bonds. The lowest BCUT2D eigenvalue weighted by Crippen LogP contribution is -2.52. The van der Waals surface area contributed by atoms with Gasteiger partial charge in [-0.25, -0.2) is 0 Å². The molecule has 0 aliphatic heterocycles. The van der Waals surface area contributed by atoms with Gasteiger partial charge in [-0.15, -0.1) is 0 Å². The van der Waals surface area contributed by atoms with Crippen molar-refractivity contribution in [2.45, 2.75) is 90.6 Å². The van der Waals surface area contributed by atoms with Crippen LogP contribution in [0, 0.1) is 46.8 Å². The first-order chi connectivity index (χ1) is 13.5. The third kappa shape index (κ3) is 3.48. The van der Waals surface area contributed by atoms with E-state index in [9.17, 15) is 10.2 Å². The Morgan fingerprint density at radius 3 is 2.46 bits per heavy atom. The average Bonchev–Trinajstić information content (AvgIpc) is 3.04. The molecular formula is C25H44O3. The number of hydrogen-bond acceptors (Lipinski definition) is 3. The molecule has 0 heterocycles. The highest BCUT2D eigenvalue weighted by molar-refractivity contribution is 5.07. The largest absolute Gasteiger partial charge is 0.396 e. The number of hydrogen-bond donors (Lipinski definition) is 2. The third-order valence-corrected chi connectivity index (χ3v) is 10.1. The van der Waals surface area contributed by atoms with Gasteiger partial charge >= 0.3 is 0 Å². The van der Waals surface area contributed by atoms with E-state index in [1.54, 1.807) is 0 Å². The monoisotopic (exact) mass is 392 g/mol. The predicted octanol–water partition coefficient (Wildman–Crippen LogP) is 5.04. The third-order valence-electron chi connectivity index (χ3n) is 10.1. The van der Waals surface area contributed by atoms with Gasteiger partial charge in [-0.1, -0.05) is 20.3 Å². The van der Waals surface area contributed by atoms with E-state index in [-0.39, 0.29) is 0 Å². The SMILES string of the molecule is CCOC[C@@]1(O)CC[C@H]2[C@@H](CC[C@@H]3[C@@H]2CC[C@]2(C)[C@@H](C(CC)CO)CC[C@@H]32)C1. The summed E-state index contributed by atoms with van der Waals surface area (Å²) in [5.41, 5.74) is -0.108. The van der Waals surface area contributed by atoms with Crippen LogP contribution < -0.4 is 0 Å². The normalized spacial score (nSPS) is 49.2. The summed E-state index contributed by atoms with van der Waals surface area (Å²) in [5.74, 6) is 5.45. The first-order valence-electron chi connectivity index (χ1n) is 12.4. The molecule has 4 rings (SSSR count). The lowest BCUT2D eigenvalue weighted by Gasteiger charge is -2.57. The van der Waals surface area contributed by atoms with Crippen LogP contribution in [0.1, 0.15) is 85.0 Å². The molecule has 28 heavy (non-hydrogen) atoms. The van der Waals surface area contributed by atoms with Crippen molar-refractivity contribution in [2.75, 3.05) is 19.8 Å². The van der Waals surface area contributed by atoms with Gasteiger partial charge in [0, 0.05) is 13.2 Å². The van der Waals surface area contributed by atoms with Gasteiger partial charge in [-0.05, 0) is 112 Å². The average molecular weight is 393 g/mol. The Bertz CT molecular complexity index is 532. The molecule has 9 atom stereocenters. The Kier molecular flexibility index (Phi) is 6.18. The summed E-state index contributed by atoms with van der Waals surface area (Å²) in [6.45, 7) is 8.48. The summed E-state index contributed by atoms with van der Waals surface area (Å²) in [4.78, 5) is 0. The van der Waals surface area contributed by atoms with Gasteiger partial charge in [-0.2, -0.15) is 0 Å². The standard InChI is InChI=1S/C25H44O3/c1-4-17(15-26)22-8-9-23-21-7-6-18-14-25(27,16-28-5-2)13-11-19(18)20(21)10-12-24(22,23)3/h17-23,26-27H,4-16H2,1-3H3/t17?,18-,19-,20+,21+,22+,23-,24+,25+/m0/s1. The zero-order chi connectivity index (χ0) is 19.9. The predicted molar refractivity (Wildman–Crippen MR) is 113 cm³/mol. The highest BCUT2D eigenvalue weighted by atomic mass is 16.5. The summed E-state index contributed by atoms with van der Waals surface area (Å²) >= 11 is 0. The topological polar surface area (TPSA) is 49.7 Å². The fourth-order valence-electron chi connectivity index (χ4n) is 8.74. The van der Waals surface area contributed by atoms with Gasteiger partial charge in [-0.3, -0.25) is 0 Å². The van der Waals surface area contributed by atoms with Crippen molar-refractivity contribution in [3.05, 3.63) is 0 Å². The Balaban J connectivity index is 1.46. The van der Waals surface area contributed by atoms with E-state index in [0.717, 1.165) is 48.9 Å². The van der Waals surface area contributed by atoms with Gasteiger partial charge in [0.25, 0.3) is 0 Å². The molecule has 4 aliphatic carbocycles. The number of ether oxygens (including phenoxy) is 1. The Hall–Kier alpha value is -0.120. The van der Waals surface area contributed by atoms with E-state index in [1.807, 2.05) is 6.92 Å².